The molecule has 18 heavy (non-hydrogen) atoms. The van der Waals surface area contributed by atoms with Gasteiger partial charge in [0.25, 0.3) is 0 Å². The van der Waals surface area contributed by atoms with Crippen molar-refractivity contribution in [2.24, 2.45) is 5.92 Å². The number of aromatic amines is 1. The molecule has 0 amide bonds. The molecule has 94 valence electrons. The molecule has 0 aliphatic carbocycles. The Morgan fingerprint density at radius 1 is 1.44 bits per heavy atom. The van der Waals surface area contributed by atoms with Crippen molar-refractivity contribution in [1.82, 2.24) is 4.98 Å². The maximum Gasteiger partial charge on any atom is 0.328 e. The van der Waals surface area contributed by atoms with E-state index >= 15 is 0 Å². The average Bonchev–Trinajstić information content (AvgIpc) is 2.68. The van der Waals surface area contributed by atoms with E-state index in [0.717, 1.165) is 11.1 Å². The highest BCUT2D eigenvalue weighted by molar-refractivity contribution is 5.98. The van der Waals surface area contributed by atoms with Crippen molar-refractivity contribution in [3.63, 3.8) is 0 Å². The lowest BCUT2D eigenvalue weighted by atomic mass is 9.94. The number of benzene rings is 1. The molecule has 0 radical (unpaired) electrons. The van der Waals surface area contributed by atoms with Crippen LogP contribution in [0.5, 0.6) is 0 Å². The maximum absolute atomic E-state index is 13.3. The monoisotopic (exact) mass is 247 g/mol. The Morgan fingerprint density at radius 2 is 2.17 bits per heavy atom. The summed E-state index contributed by atoms with van der Waals surface area (Å²) in [4.78, 5) is 13.9. The van der Waals surface area contributed by atoms with Crippen LogP contribution in [0.4, 0.5) is 4.39 Å². The first kappa shape index (κ1) is 12.4. The summed E-state index contributed by atoms with van der Waals surface area (Å²) in [5, 5.41) is 9.60. The number of carboxylic acid groups (broad SMARTS) is 1. The molecule has 0 aliphatic heterocycles. The van der Waals surface area contributed by atoms with Gasteiger partial charge in [0.2, 0.25) is 0 Å². The number of fused-ring (bicyclic) bond motifs is 1. The highest BCUT2D eigenvalue weighted by Crippen LogP contribution is 2.30. The molecular formula is C14H14FNO2. The molecule has 0 atom stereocenters. The second kappa shape index (κ2) is 4.64. The molecule has 3 nitrogen and oxygen atoms in total. The lowest BCUT2D eigenvalue weighted by Crippen LogP contribution is -1.98. The van der Waals surface area contributed by atoms with E-state index in [-0.39, 0.29) is 11.7 Å². The highest BCUT2D eigenvalue weighted by atomic mass is 19.1. The lowest BCUT2D eigenvalue weighted by molar-refractivity contribution is -0.131. The predicted molar refractivity (Wildman–Crippen MR) is 68.7 cm³/mol. The number of nitrogens with one attached hydrogen (secondary N) is 1. The Labute approximate surface area is 104 Å². The van der Waals surface area contributed by atoms with Crippen molar-refractivity contribution in [1.29, 1.82) is 0 Å². The predicted octanol–water partition coefficient (Wildman–Crippen LogP) is 3.43. The molecule has 4 heteroatoms. The first-order valence-corrected chi connectivity index (χ1v) is 5.70. The van der Waals surface area contributed by atoms with Gasteiger partial charge in [-0.1, -0.05) is 13.8 Å². The number of allylic oxidation sites excluding steroid dienone is 1. The van der Waals surface area contributed by atoms with Gasteiger partial charge in [-0.25, -0.2) is 9.18 Å². The van der Waals surface area contributed by atoms with Crippen molar-refractivity contribution in [3.05, 3.63) is 41.9 Å². The van der Waals surface area contributed by atoms with Crippen molar-refractivity contribution in [2.75, 3.05) is 0 Å². The largest absolute Gasteiger partial charge is 0.478 e. The van der Waals surface area contributed by atoms with Crippen molar-refractivity contribution < 1.29 is 14.3 Å². The molecule has 0 saturated carbocycles. The van der Waals surface area contributed by atoms with E-state index < -0.39 is 5.97 Å². The van der Waals surface area contributed by atoms with Crippen molar-refractivity contribution in [2.45, 2.75) is 13.8 Å². The highest BCUT2D eigenvalue weighted by Gasteiger charge is 2.13. The van der Waals surface area contributed by atoms with Gasteiger partial charge >= 0.3 is 5.97 Å². The number of carbonyl (C=O) groups is 1. The minimum atomic E-state index is -0.996. The van der Waals surface area contributed by atoms with Gasteiger partial charge in [0.05, 0.1) is 0 Å². The van der Waals surface area contributed by atoms with E-state index in [2.05, 4.69) is 4.98 Å². The van der Waals surface area contributed by atoms with Crippen LogP contribution in [-0.2, 0) is 4.79 Å². The second-order valence-corrected chi connectivity index (χ2v) is 4.48. The number of carboxylic acids is 1. The zero-order valence-corrected chi connectivity index (χ0v) is 10.2. The normalized spacial score (nSPS) is 12.3. The summed E-state index contributed by atoms with van der Waals surface area (Å²) in [6.07, 6.45) is 2.90. The Morgan fingerprint density at radius 3 is 2.78 bits per heavy atom. The Hall–Kier alpha value is -2.10. The van der Waals surface area contributed by atoms with E-state index in [4.69, 9.17) is 5.11 Å². The Bertz CT molecular complexity index is 626. The molecule has 1 aromatic heterocycles. The number of rotatable bonds is 3. The van der Waals surface area contributed by atoms with Gasteiger partial charge in [-0.2, -0.15) is 0 Å². The number of halogens is 1. The molecule has 0 aliphatic rings. The van der Waals surface area contributed by atoms with E-state index in [0.29, 0.717) is 11.0 Å². The summed E-state index contributed by atoms with van der Waals surface area (Å²) in [5.74, 6) is -1.28. The summed E-state index contributed by atoms with van der Waals surface area (Å²) in [6.45, 7) is 3.82. The van der Waals surface area contributed by atoms with Gasteiger partial charge < -0.3 is 10.1 Å². The number of H-pyrrole nitrogens is 1. The molecule has 1 heterocycles. The van der Waals surface area contributed by atoms with Crippen LogP contribution in [0.1, 0.15) is 19.4 Å². The number of hydrogen-bond donors (Lipinski definition) is 2. The first-order valence-electron chi connectivity index (χ1n) is 5.70. The van der Waals surface area contributed by atoms with Crippen LogP contribution >= 0.6 is 0 Å². The van der Waals surface area contributed by atoms with Crippen LogP contribution in [0.2, 0.25) is 0 Å². The van der Waals surface area contributed by atoms with Crippen LogP contribution in [0.25, 0.3) is 16.5 Å². The first-order chi connectivity index (χ1) is 8.49. The van der Waals surface area contributed by atoms with Crippen molar-refractivity contribution in [3.8, 4) is 0 Å². The van der Waals surface area contributed by atoms with Gasteiger partial charge in [0.1, 0.15) is 5.82 Å². The van der Waals surface area contributed by atoms with E-state index in [9.17, 15) is 9.18 Å². The summed E-state index contributed by atoms with van der Waals surface area (Å²) in [5.41, 5.74) is 2.21. The second-order valence-electron chi connectivity index (χ2n) is 4.48. The number of aliphatic carboxylic acids is 1. The third kappa shape index (κ3) is 2.27. The van der Waals surface area contributed by atoms with Gasteiger partial charge in [-0.3, -0.25) is 0 Å². The summed E-state index contributed by atoms with van der Waals surface area (Å²) in [7, 11) is 0. The zero-order chi connectivity index (χ0) is 13.3. The molecule has 0 fully saturated rings. The number of aromatic nitrogens is 1. The van der Waals surface area contributed by atoms with Gasteiger partial charge in [-0.05, 0) is 29.7 Å². The zero-order valence-electron chi connectivity index (χ0n) is 10.2. The van der Waals surface area contributed by atoms with E-state index in [1.807, 2.05) is 13.8 Å². The standard InChI is InChI=1S/C14H14FNO2/c1-8(2)10(6-14(17)18)12-7-16-13-4-3-9(15)5-11(12)13/h3-8,16H,1-2H3,(H,17,18)/b10-6+. The molecule has 2 aromatic rings. The van der Waals surface area contributed by atoms with Crippen LogP contribution in [0, 0.1) is 11.7 Å². The smallest absolute Gasteiger partial charge is 0.328 e. The third-order valence-electron chi connectivity index (χ3n) is 2.86. The van der Waals surface area contributed by atoms with Crippen LogP contribution in [0.15, 0.2) is 30.5 Å². The molecule has 2 N–H and O–H groups in total. The average molecular weight is 247 g/mol. The molecule has 0 spiro atoms. The fourth-order valence-corrected chi connectivity index (χ4v) is 2.02. The maximum atomic E-state index is 13.3. The van der Waals surface area contributed by atoms with Gasteiger partial charge in [0, 0.05) is 28.7 Å². The summed E-state index contributed by atoms with van der Waals surface area (Å²) in [6, 6.07) is 4.44. The fraction of sp³-hybridized carbons (Fsp3) is 0.214. The van der Waals surface area contributed by atoms with Gasteiger partial charge in [0.15, 0.2) is 0 Å². The lowest BCUT2D eigenvalue weighted by Gasteiger charge is -2.09. The molecule has 0 bridgehead atoms. The fourth-order valence-electron chi connectivity index (χ4n) is 2.02. The molecule has 0 saturated heterocycles. The third-order valence-corrected chi connectivity index (χ3v) is 2.86. The van der Waals surface area contributed by atoms with Crippen LogP contribution in [-0.4, -0.2) is 16.1 Å². The Balaban J connectivity index is 2.65. The SMILES string of the molecule is CC(C)/C(=C\C(=O)O)c1c[nH]c2ccc(F)cc12. The minimum absolute atomic E-state index is 0.0448. The van der Waals surface area contributed by atoms with Crippen molar-refractivity contribution >= 4 is 22.4 Å². The Kier molecular flexibility index (Phi) is 3.19. The minimum Gasteiger partial charge on any atom is -0.478 e. The molecule has 1 aromatic carbocycles. The number of hydrogen-bond acceptors (Lipinski definition) is 1. The quantitative estimate of drug-likeness (QED) is 0.816. The van der Waals surface area contributed by atoms with E-state index in [1.54, 1.807) is 12.3 Å². The summed E-state index contributed by atoms with van der Waals surface area (Å²) >= 11 is 0. The molecule has 2 rings (SSSR count). The van der Waals surface area contributed by atoms with E-state index in [1.165, 1.54) is 18.2 Å². The topological polar surface area (TPSA) is 53.1 Å². The molecule has 0 unspecified atom stereocenters. The van der Waals surface area contributed by atoms with Gasteiger partial charge in [-0.15, -0.1) is 0 Å². The van der Waals surface area contributed by atoms with Crippen LogP contribution in [0.3, 0.4) is 0 Å². The van der Waals surface area contributed by atoms with Crippen LogP contribution < -0.4 is 0 Å². The summed E-state index contributed by atoms with van der Waals surface area (Å²) < 4.78 is 13.3. The molecular weight excluding hydrogens is 233 g/mol.